The number of carbonyl (C=O) groups excluding carboxylic acids is 1. The van der Waals surface area contributed by atoms with Crippen molar-refractivity contribution in [2.45, 2.75) is 64.0 Å². The summed E-state index contributed by atoms with van der Waals surface area (Å²) in [5, 5.41) is 9.51. The first-order valence-corrected chi connectivity index (χ1v) is 7.80. The highest BCUT2D eigenvalue weighted by molar-refractivity contribution is 5.79. The van der Waals surface area contributed by atoms with Crippen molar-refractivity contribution in [1.29, 1.82) is 0 Å². The molecule has 1 aliphatic carbocycles. The lowest BCUT2D eigenvalue weighted by atomic mass is 9.79. The van der Waals surface area contributed by atoms with Crippen molar-refractivity contribution < 1.29 is 9.90 Å². The number of likely N-dealkylation sites (tertiary alicyclic amines) is 1. The quantitative estimate of drug-likeness (QED) is 0.798. The van der Waals surface area contributed by atoms with Crippen LogP contribution in [0.4, 0.5) is 0 Å². The number of rotatable bonds is 2. The van der Waals surface area contributed by atoms with E-state index >= 15 is 0 Å². The summed E-state index contributed by atoms with van der Waals surface area (Å²) in [6.45, 7) is 3.08. The number of aliphatic hydroxyl groups excluding tert-OH is 1. The molecular formula is C15H28N2O2. The van der Waals surface area contributed by atoms with Crippen molar-refractivity contribution in [2.24, 2.45) is 17.6 Å². The van der Waals surface area contributed by atoms with E-state index in [1.54, 1.807) is 0 Å². The van der Waals surface area contributed by atoms with Crippen LogP contribution in [0.15, 0.2) is 0 Å². The largest absolute Gasteiger partial charge is 0.394 e. The van der Waals surface area contributed by atoms with Gasteiger partial charge in [0.25, 0.3) is 0 Å². The summed E-state index contributed by atoms with van der Waals surface area (Å²) in [6.07, 6.45) is 7.12. The first-order valence-electron chi connectivity index (χ1n) is 7.80. The van der Waals surface area contributed by atoms with Gasteiger partial charge in [-0.05, 0) is 38.0 Å². The third-order valence-electron chi connectivity index (χ3n) is 4.98. The van der Waals surface area contributed by atoms with Crippen molar-refractivity contribution in [2.75, 3.05) is 13.2 Å². The smallest absolute Gasteiger partial charge is 0.226 e. The summed E-state index contributed by atoms with van der Waals surface area (Å²) in [5.74, 6) is 0.850. The molecule has 4 heteroatoms. The minimum atomic E-state index is 0.0329. The van der Waals surface area contributed by atoms with Crippen LogP contribution in [-0.4, -0.2) is 41.1 Å². The van der Waals surface area contributed by atoms with Crippen LogP contribution in [0.2, 0.25) is 0 Å². The van der Waals surface area contributed by atoms with Gasteiger partial charge in [0, 0.05) is 18.5 Å². The van der Waals surface area contributed by atoms with Crippen LogP contribution < -0.4 is 5.73 Å². The third kappa shape index (κ3) is 3.48. The Morgan fingerprint density at radius 2 is 2.05 bits per heavy atom. The molecule has 1 saturated heterocycles. The van der Waals surface area contributed by atoms with Crippen molar-refractivity contribution in [3.05, 3.63) is 0 Å². The van der Waals surface area contributed by atoms with Crippen LogP contribution in [0.5, 0.6) is 0 Å². The van der Waals surface area contributed by atoms with E-state index in [1.807, 2.05) is 4.90 Å². The van der Waals surface area contributed by atoms with E-state index in [9.17, 15) is 9.90 Å². The Morgan fingerprint density at radius 1 is 1.26 bits per heavy atom. The lowest BCUT2D eigenvalue weighted by molar-refractivity contribution is -0.140. The predicted octanol–water partition coefficient (Wildman–Crippen LogP) is 1.51. The fraction of sp³-hybridized carbons (Fsp3) is 0.933. The molecule has 0 radical (unpaired) electrons. The lowest BCUT2D eigenvalue weighted by Crippen LogP contribution is -2.48. The van der Waals surface area contributed by atoms with Crippen molar-refractivity contribution in [3.63, 3.8) is 0 Å². The lowest BCUT2D eigenvalue weighted by Gasteiger charge is -2.36. The van der Waals surface area contributed by atoms with Gasteiger partial charge in [0.1, 0.15) is 0 Å². The Hall–Kier alpha value is -0.610. The summed E-state index contributed by atoms with van der Waals surface area (Å²) in [5.41, 5.74) is 6.11. The Balaban J connectivity index is 2.00. The molecule has 4 unspecified atom stereocenters. The van der Waals surface area contributed by atoms with Crippen molar-refractivity contribution in [1.82, 2.24) is 4.90 Å². The highest BCUT2D eigenvalue weighted by Gasteiger charge is 2.34. The van der Waals surface area contributed by atoms with E-state index in [0.29, 0.717) is 5.92 Å². The van der Waals surface area contributed by atoms with Crippen LogP contribution in [-0.2, 0) is 4.79 Å². The zero-order chi connectivity index (χ0) is 13.8. The van der Waals surface area contributed by atoms with Gasteiger partial charge in [0.15, 0.2) is 0 Å². The normalized spacial score (nSPS) is 36.9. The van der Waals surface area contributed by atoms with Crippen LogP contribution in [0.25, 0.3) is 0 Å². The molecule has 2 fully saturated rings. The van der Waals surface area contributed by atoms with Crippen molar-refractivity contribution in [3.8, 4) is 0 Å². The van der Waals surface area contributed by atoms with E-state index < -0.39 is 0 Å². The number of hydrogen-bond acceptors (Lipinski definition) is 3. The molecule has 1 amide bonds. The molecule has 0 aromatic heterocycles. The van der Waals surface area contributed by atoms with Crippen LogP contribution >= 0.6 is 0 Å². The van der Waals surface area contributed by atoms with E-state index in [1.165, 1.54) is 6.42 Å². The average Bonchev–Trinajstić information content (AvgIpc) is 2.66. The summed E-state index contributed by atoms with van der Waals surface area (Å²) in [4.78, 5) is 14.6. The van der Waals surface area contributed by atoms with Gasteiger partial charge in [-0.1, -0.05) is 19.8 Å². The maximum absolute atomic E-state index is 12.7. The summed E-state index contributed by atoms with van der Waals surface area (Å²) in [7, 11) is 0. The van der Waals surface area contributed by atoms with Crippen LogP contribution in [0, 0.1) is 11.8 Å². The van der Waals surface area contributed by atoms with Gasteiger partial charge in [-0.3, -0.25) is 4.79 Å². The molecule has 2 rings (SSSR count). The topological polar surface area (TPSA) is 66.6 Å². The molecule has 4 atom stereocenters. The maximum atomic E-state index is 12.7. The molecule has 0 spiro atoms. The van der Waals surface area contributed by atoms with E-state index in [0.717, 1.165) is 45.1 Å². The minimum Gasteiger partial charge on any atom is -0.394 e. The molecule has 0 aromatic carbocycles. The third-order valence-corrected chi connectivity index (χ3v) is 4.98. The second-order valence-corrected chi connectivity index (χ2v) is 6.37. The maximum Gasteiger partial charge on any atom is 0.226 e. The van der Waals surface area contributed by atoms with Gasteiger partial charge in [-0.2, -0.15) is 0 Å². The standard InChI is InChI=1S/C15H28N2O2/c1-11-6-7-12(9-14(11)16)15(19)17-8-4-2-3-5-13(17)10-18/h11-14,18H,2-10,16H2,1H3. The molecule has 0 aromatic rings. The van der Waals surface area contributed by atoms with Gasteiger partial charge in [0.05, 0.1) is 12.6 Å². The Bertz CT molecular complexity index is 309. The number of aliphatic hydroxyl groups is 1. The molecule has 1 saturated carbocycles. The molecular weight excluding hydrogens is 240 g/mol. The van der Waals surface area contributed by atoms with Gasteiger partial charge in [-0.15, -0.1) is 0 Å². The number of hydrogen-bond donors (Lipinski definition) is 2. The molecule has 1 aliphatic heterocycles. The number of carbonyl (C=O) groups is 1. The zero-order valence-electron chi connectivity index (χ0n) is 12.1. The van der Waals surface area contributed by atoms with Crippen molar-refractivity contribution >= 4 is 5.91 Å². The van der Waals surface area contributed by atoms with E-state index in [2.05, 4.69) is 6.92 Å². The second-order valence-electron chi connectivity index (χ2n) is 6.37. The number of amides is 1. The highest BCUT2D eigenvalue weighted by Crippen LogP contribution is 2.30. The highest BCUT2D eigenvalue weighted by atomic mass is 16.3. The Kier molecular flexibility index (Phi) is 5.22. The number of nitrogens with zero attached hydrogens (tertiary/aromatic N) is 1. The number of nitrogens with two attached hydrogens (primary N) is 1. The molecule has 1 heterocycles. The second kappa shape index (κ2) is 6.71. The SMILES string of the molecule is CC1CCC(C(=O)N2CCCCCC2CO)CC1N. The average molecular weight is 268 g/mol. The molecule has 110 valence electrons. The monoisotopic (exact) mass is 268 g/mol. The van der Waals surface area contributed by atoms with Gasteiger partial charge >= 0.3 is 0 Å². The Labute approximate surface area is 116 Å². The first kappa shape index (κ1) is 14.8. The Morgan fingerprint density at radius 3 is 2.74 bits per heavy atom. The first-order chi connectivity index (χ1) is 9.13. The molecule has 19 heavy (non-hydrogen) atoms. The predicted molar refractivity (Wildman–Crippen MR) is 75.5 cm³/mol. The minimum absolute atomic E-state index is 0.0329. The zero-order valence-corrected chi connectivity index (χ0v) is 12.1. The fourth-order valence-electron chi connectivity index (χ4n) is 3.47. The van der Waals surface area contributed by atoms with E-state index in [-0.39, 0.29) is 30.5 Å². The summed E-state index contributed by atoms with van der Waals surface area (Å²) >= 11 is 0. The van der Waals surface area contributed by atoms with Gasteiger partial charge < -0.3 is 15.7 Å². The molecule has 0 bridgehead atoms. The summed E-state index contributed by atoms with van der Waals surface area (Å²) in [6, 6.07) is 0.188. The van der Waals surface area contributed by atoms with E-state index in [4.69, 9.17) is 5.73 Å². The molecule has 4 nitrogen and oxygen atoms in total. The van der Waals surface area contributed by atoms with Crippen LogP contribution in [0.1, 0.15) is 51.9 Å². The summed E-state index contributed by atoms with van der Waals surface area (Å²) < 4.78 is 0. The van der Waals surface area contributed by atoms with Crippen LogP contribution in [0.3, 0.4) is 0 Å². The van der Waals surface area contributed by atoms with Gasteiger partial charge in [0.2, 0.25) is 5.91 Å². The fourth-order valence-corrected chi connectivity index (χ4v) is 3.47. The molecule has 3 N–H and O–H groups in total. The van der Waals surface area contributed by atoms with Gasteiger partial charge in [-0.25, -0.2) is 0 Å². The molecule has 2 aliphatic rings.